The highest BCUT2D eigenvalue weighted by atomic mass is 32.1. The topological polar surface area (TPSA) is 142 Å². The first-order valence-corrected chi connectivity index (χ1v) is 11.9. The van der Waals surface area contributed by atoms with Crippen LogP contribution in [0.3, 0.4) is 0 Å². The van der Waals surface area contributed by atoms with Gasteiger partial charge in [0.05, 0.1) is 41.6 Å². The van der Waals surface area contributed by atoms with E-state index in [1.807, 2.05) is 0 Å². The first-order chi connectivity index (χ1) is 17.7. The summed E-state index contributed by atoms with van der Waals surface area (Å²) in [5, 5.41) is 21.6. The van der Waals surface area contributed by atoms with E-state index >= 15 is 0 Å². The standard InChI is InChI=1S/C25H23N3O8S/c1-5-36-24(31)20-13(2)26-25-27(21(20)16-12-15(34-3)9-10-18(16)35-4)23(30)19(37-25)11-14-7-6-8-17(22(14)29)28(32)33/h6-12,21,29H,5H2,1-4H3/t21-/m1/s1. The first kappa shape index (κ1) is 25.6. The lowest BCUT2D eigenvalue weighted by atomic mass is 9.94. The lowest BCUT2D eigenvalue weighted by Gasteiger charge is -2.26. The first-order valence-electron chi connectivity index (χ1n) is 11.1. The number of carbonyl (C=O) groups is 1. The molecule has 12 heteroatoms. The summed E-state index contributed by atoms with van der Waals surface area (Å²) in [6.45, 7) is 3.44. The molecule has 0 unspecified atom stereocenters. The zero-order valence-corrected chi connectivity index (χ0v) is 21.2. The number of phenolic OH excluding ortho intramolecular Hbond substituents is 1. The molecule has 2 heterocycles. The van der Waals surface area contributed by atoms with Crippen LogP contribution in [0.1, 0.15) is 31.0 Å². The smallest absolute Gasteiger partial charge is 0.338 e. The molecule has 3 aromatic rings. The largest absolute Gasteiger partial charge is 0.502 e. The maximum atomic E-state index is 13.7. The van der Waals surface area contributed by atoms with Crippen LogP contribution in [0.5, 0.6) is 17.2 Å². The van der Waals surface area contributed by atoms with E-state index in [0.29, 0.717) is 27.6 Å². The molecule has 0 aliphatic carbocycles. The molecule has 37 heavy (non-hydrogen) atoms. The predicted octanol–water partition coefficient (Wildman–Crippen LogP) is 2.43. The van der Waals surface area contributed by atoms with Crippen LogP contribution >= 0.6 is 11.3 Å². The molecule has 1 aromatic heterocycles. The van der Waals surface area contributed by atoms with E-state index in [9.17, 15) is 24.8 Å². The average Bonchev–Trinajstić information content (AvgIpc) is 3.18. The molecule has 192 valence electrons. The third-order valence-corrected chi connectivity index (χ3v) is 6.76. The fourth-order valence-corrected chi connectivity index (χ4v) is 5.13. The zero-order chi connectivity index (χ0) is 26.9. The zero-order valence-electron chi connectivity index (χ0n) is 20.4. The second kappa shape index (κ2) is 10.3. The summed E-state index contributed by atoms with van der Waals surface area (Å²) in [6, 6.07) is 8.11. The number of para-hydroxylation sites is 1. The average molecular weight is 526 g/mol. The van der Waals surface area contributed by atoms with Crippen molar-refractivity contribution in [1.29, 1.82) is 0 Å². The number of carbonyl (C=O) groups excluding carboxylic acids is 1. The van der Waals surface area contributed by atoms with Crippen LogP contribution in [-0.4, -0.2) is 41.4 Å². The van der Waals surface area contributed by atoms with Crippen LogP contribution in [0.15, 0.2) is 57.5 Å². The highest BCUT2D eigenvalue weighted by Gasteiger charge is 2.35. The Labute approximate surface area is 214 Å². The number of aromatic nitrogens is 1. The van der Waals surface area contributed by atoms with Crippen LogP contribution < -0.4 is 24.4 Å². The lowest BCUT2D eigenvalue weighted by Crippen LogP contribution is -2.40. The van der Waals surface area contributed by atoms with Gasteiger partial charge in [-0.05, 0) is 38.1 Å². The van der Waals surface area contributed by atoms with Gasteiger partial charge in [0.2, 0.25) is 5.75 Å². The van der Waals surface area contributed by atoms with Gasteiger partial charge in [-0.25, -0.2) is 9.79 Å². The van der Waals surface area contributed by atoms with Gasteiger partial charge in [0.15, 0.2) is 4.80 Å². The normalized spacial score (nSPS) is 15.1. The Bertz CT molecular complexity index is 1620. The maximum absolute atomic E-state index is 13.7. The van der Waals surface area contributed by atoms with Crippen molar-refractivity contribution in [2.45, 2.75) is 19.9 Å². The second-order valence-corrected chi connectivity index (χ2v) is 8.89. The molecule has 2 aromatic carbocycles. The van der Waals surface area contributed by atoms with Gasteiger partial charge in [0.25, 0.3) is 5.56 Å². The van der Waals surface area contributed by atoms with E-state index in [1.165, 1.54) is 37.0 Å². The summed E-state index contributed by atoms with van der Waals surface area (Å²) in [4.78, 5) is 42.1. The van der Waals surface area contributed by atoms with Crippen molar-refractivity contribution < 1.29 is 29.0 Å². The number of methoxy groups -OCH3 is 2. The van der Waals surface area contributed by atoms with Gasteiger partial charge in [-0.2, -0.15) is 0 Å². The number of fused-ring (bicyclic) bond motifs is 1. The minimum absolute atomic E-state index is 0.0938. The second-order valence-electron chi connectivity index (χ2n) is 7.88. The molecule has 1 N–H and O–H groups in total. The number of aromatic hydroxyl groups is 1. The summed E-state index contributed by atoms with van der Waals surface area (Å²) >= 11 is 1.02. The molecule has 1 atom stereocenters. The number of hydrogen-bond donors (Lipinski definition) is 1. The van der Waals surface area contributed by atoms with Crippen molar-refractivity contribution >= 4 is 29.1 Å². The number of nitro benzene ring substituents is 1. The SMILES string of the molecule is CCOC(=O)C1=C(C)N=c2sc(=Cc3cccc([N+](=O)[O-])c3O)c(=O)n2[C@@H]1c1cc(OC)ccc1OC. The van der Waals surface area contributed by atoms with Crippen molar-refractivity contribution in [3.63, 3.8) is 0 Å². The Morgan fingerprint density at radius 3 is 2.68 bits per heavy atom. The molecule has 4 rings (SSSR count). The molecule has 0 radical (unpaired) electrons. The van der Waals surface area contributed by atoms with E-state index in [0.717, 1.165) is 17.4 Å². The number of thiazole rings is 1. The van der Waals surface area contributed by atoms with Crippen molar-refractivity contribution in [3.8, 4) is 17.2 Å². The molecular weight excluding hydrogens is 502 g/mol. The molecule has 0 spiro atoms. The molecule has 0 fully saturated rings. The van der Waals surface area contributed by atoms with E-state index in [2.05, 4.69) is 4.99 Å². The molecular formula is C25H23N3O8S. The summed E-state index contributed by atoms with van der Waals surface area (Å²) in [5.74, 6) is -0.303. The highest BCUT2D eigenvalue weighted by Crippen LogP contribution is 2.38. The number of hydrogen-bond acceptors (Lipinski definition) is 10. The number of phenols is 1. The minimum atomic E-state index is -0.957. The van der Waals surface area contributed by atoms with Gasteiger partial charge in [-0.15, -0.1) is 0 Å². The predicted molar refractivity (Wildman–Crippen MR) is 135 cm³/mol. The van der Waals surface area contributed by atoms with E-state index in [4.69, 9.17) is 14.2 Å². The maximum Gasteiger partial charge on any atom is 0.338 e. The number of nitro groups is 1. The third kappa shape index (κ3) is 4.58. The van der Waals surface area contributed by atoms with Crippen molar-refractivity contribution in [2.75, 3.05) is 20.8 Å². The molecule has 0 amide bonds. The Hall–Kier alpha value is -4.45. The quantitative estimate of drug-likeness (QED) is 0.282. The Balaban J connectivity index is 2.03. The third-order valence-electron chi connectivity index (χ3n) is 5.78. The minimum Gasteiger partial charge on any atom is -0.502 e. The van der Waals surface area contributed by atoms with Crippen molar-refractivity contribution in [2.24, 2.45) is 4.99 Å². The van der Waals surface area contributed by atoms with Gasteiger partial charge in [0.1, 0.15) is 17.5 Å². The fourth-order valence-electron chi connectivity index (χ4n) is 4.09. The summed E-state index contributed by atoms with van der Waals surface area (Å²) in [6.07, 6.45) is 1.36. The van der Waals surface area contributed by atoms with E-state index < -0.39 is 33.9 Å². The molecule has 0 bridgehead atoms. The number of rotatable bonds is 7. The fraction of sp³-hybridized carbons (Fsp3) is 0.240. The summed E-state index contributed by atoms with van der Waals surface area (Å²) in [7, 11) is 2.97. The van der Waals surface area contributed by atoms with Gasteiger partial charge in [-0.3, -0.25) is 19.5 Å². The van der Waals surface area contributed by atoms with Gasteiger partial charge < -0.3 is 19.3 Å². The molecule has 11 nitrogen and oxygen atoms in total. The highest BCUT2D eigenvalue weighted by molar-refractivity contribution is 7.07. The number of esters is 1. The Kier molecular flexibility index (Phi) is 7.11. The van der Waals surface area contributed by atoms with Crippen LogP contribution in [0.4, 0.5) is 5.69 Å². The van der Waals surface area contributed by atoms with Crippen LogP contribution in [0, 0.1) is 10.1 Å². The number of ether oxygens (including phenoxy) is 3. The van der Waals surface area contributed by atoms with Crippen molar-refractivity contribution in [3.05, 3.63) is 88.6 Å². The van der Waals surface area contributed by atoms with Crippen LogP contribution in [0.25, 0.3) is 6.08 Å². The van der Waals surface area contributed by atoms with Gasteiger partial charge in [0, 0.05) is 17.2 Å². The van der Waals surface area contributed by atoms with Crippen LogP contribution in [0.2, 0.25) is 0 Å². The molecule has 0 saturated heterocycles. The number of allylic oxidation sites excluding steroid dienone is 1. The van der Waals surface area contributed by atoms with Gasteiger partial charge in [-0.1, -0.05) is 23.5 Å². The molecule has 0 saturated carbocycles. The van der Waals surface area contributed by atoms with Crippen molar-refractivity contribution in [1.82, 2.24) is 4.57 Å². The monoisotopic (exact) mass is 525 g/mol. The van der Waals surface area contributed by atoms with E-state index in [1.54, 1.807) is 32.0 Å². The van der Waals surface area contributed by atoms with Crippen LogP contribution in [-0.2, 0) is 9.53 Å². The Morgan fingerprint density at radius 1 is 1.27 bits per heavy atom. The summed E-state index contributed by atoms with van der Waals surface area (Å²) < 4.78 is 17.7. The lowest BCUT2D eigenvalue weighted by molar-refractivity contribution is -0.385. The number of benzene rings is 2. The van der Waals surface area contributed by atoms with E-state index in [-0.39, 0.29) is 22.3 Å². The Morgan fingerprint density at radius 2 is 2.03 bits per heavy atom. The van der Waals surface area contributed by atoms with Gasteiger partial charge >= 0.3 is 11.7 Å². The number of nitrogens with zero attached hydrogens (tertiary/aromatic N) is 3. The molecule has 1 aliphatic heterocycles. The molecule has 1 aliphatic rings. The summed E-state index contributed by atoms with van der Waals surface area (Å²) in [5.41, 5.74) is 0.0889.